The Morgan fingerprint density at radius 3 is 2.44 bits per heavy atom. The number of rotatable bonds is 6. The molecule has 1 amide bonds. The van der Waals surface area contributed by atoms with E-state index in [9.17, 15) is 18.0 Å². The summed E-state index contributed by atoms with van der Waals surface area (Å²) in [5.74, 6) is -0.640. The van der Waals surface area contributed by atoms with Gasteiger partial charge in [0.25, 0.3) is 5.91 Å². The number of morpholine rings is 1. The largest absolute Gasteiger partial charge is 0.480 e. The molecular weight excluding hydrogens is 477 g/mol. The number of methoxy groups -OCH3 is 2. The second kappa shape index (κ2) is 9.77. The Morgan fingerprint density at radius 1 is 1.15 bits per heavy atom. The fourth-order valence-corrected chi connectivity index (χ4v) is 4.37. The first-order valence-electron chi connectivity index (χ1n) is 9.94. The summed E-state index contributed by atoms with van der Waals surface area (Å²) in [7, 11) is 2.58. The minimum absolute atomic E-state index is 0.0981. The number of amides is 1. The van der Waals surface area contributed by atoms with Gasteiger partial charge in [0, 0.05) is 24.8 Å². The van der Waals surface area contributed by atoms with Gasteiger partial charge in [0.15, 0.2) is 16.4 Å². The summed E-state index contributed by atoms with van der Waals surface area (Å²) in [4.78, 5) is 30.3. The molecule has 0 aromatic carbocycles. The van der Waals surface area contributed by atoms with Gasteiger partial charge in [-0.2, -0.15) is 13.2 Å². The summed E-state index contributed by atoms with van der Waals surface area (Å²) >= 11 is 0.684. The van der Waals surface area contributed by atoms with E-state index in [2.05, 4.69) is 25.3 Å². The number of nitrogens with zero attached hydrogens (tertiary/aromatic N) is 5. The van der Waals surface area contributed by atoms with E-state index in [1.165, 1.54) is 20.4 Å². The lowest BCUT2D eigenvalue weighted by molar-refractivity contribution is -0.140. The number of carbonyl (C=O) groups excluding carboxylic acids is 1. The Labute approximate surface area is 195 Å². The average molecular weight is 496 g/mol. The molecule has 1 fully saturated rings. The molecule has 0 unspecified atom stereocenters. The Hall–Kier alpha value is -3.52. The number of ether oxygens (including phenoxy) is 3. The molecule has 0 radical (unpaired) electrons. The highest BCUT2D eigenvalue weighted by atomic mass is 32.1. The maximum absolute atomic E-state index is 13.9. The number of thiazole rings is 1. The zero-order chi connectivity index (χ0) is 24.3. The second-order valence-electron chi connectivity index (χ2n) is 6.89. The highest BCUT2D eigenvalue weighted by Crippen LogP contribution is 2.44. The van der Waals surface area contributed by atoms with Crippen LogP contribution in [0.25, 0.3) is 10.4 Å². The van der Waals surface area contributed by atoms with Gasteiger partial charge in [0.05, 0.1) is 32.3 Å². The van der Waals surface area contributed by atoms with Crippen LogP contribution in [0, 0.1) is 0 Å². The maximum Gasteiger partial charge on any atom is 0.434 e. The lowest BCUT2D eigenvalue weighted by Crippen LogP contribution is -2.37. The number of hydrogen-bond acceptors (Lipinski definition) is 10. The van der Waals surface area contributed by atoms with Gasteiger partial charge in [0.1, 0.15) is 12.1 Å². The first kappa shape index (κ1) is 23.6. The molecule has 4 heterocycles. The Balaban J connectivity index is 1.74. The van der Waals surface area contributed by atoms with Gasteiger partial charge < -0.3 is 19.1 Å². The molecule has 1 aliphatic rings. The van der Waals surface area contributed by atoms with Crippen molar-refractivity contribution >= 4 is 28.2 Å². The van der Waals surface area contributed by atoms with E-state index >= 15 is 0 Å². The highest BCUT2D eigenvalue weighted by Gasteiger charge is 2.39. The van der Waals surface area contributed by atoms with Crippen molar-refractivity contribution in [1.29, 1.82) is 0 Å². The van der Waals surface area contributed by atoms with Gasteiger partial charge in [-0.15, -0.1) is 0 Å². The molecule has 0 spiro atoms. The van der Waals surface area contributed by atoms with Gasteiger partial charge in [-0.3, -0.25) is 10.1 Å². The molecule has 1 N–H and O–H groups in total. The molecule has 1 saturated heterocycles. The number of halogens is 3. The molecule has 0 atom stereocenters. The lowest BCUT2D eigenvalue weighted by Gasteiger charge is -2.29. The summed E-state index contributed by atoms with van der Waals surface area (Å²) in [5.41, 5.74) is -1.04. The minimum atomic E-state index is -4.77. The van der Waals surface area contributed by atoms with Gasteiger partial charge in [-0.1, -0.05) is 11.3 Å². The number of alkyl halides is 3. The summed E-state index contributed by atoms with van der Waals surface area (Å²) in [5, 5.41) is 2.12. The quantitative estimate of drug-likeness (QED) is 0.550. The van der Waals surface area contributed by atoms with Crippen LogP contribution in [0.3, 0.4) is 0 Å². The number of nitrogens with one attached hydrogen (secondary N) is 1. The van der Waals surface area contributed by atoms with Crippen molar-refractivity contribution in [3.05, 3.63) is 35.9 Å². The summed E-state index contributed by atoms with van der Waals surface area (Å²) in [6.07, 6.45) is -2.12. The van der Waals surface area contributed by atoms with E-state index in [4.69, 9.17) is 14.2 Å². The number of carbonyl (C=O) groups is 1. The fourth-order valence-electron chi connectivity index (χ4n) is 3.37. The number of hydrogen-bond donors (Lipinski definition) is 1. The van der Waals surface area contributed by atoms with Gasteiger partial charge >= 0.3 is 6.18 Å². The molecule has 1 aliphatic heterocycles. The maximum atomic E-state index is 13.9. The van der Waals surface area contributed by atoms with Crippen LogP contribution in [-0.2, 0) is 10.9 Å². The van der Waals surface area contributed by atoms with Gasteiger partial charge in [0.2, 0.25) is 11.8 Å². The van der Waals surface area contributed by atoms with Crippen molar-refractivity contribution in [2.75, 3.05) is 50.7 Å². The van der Waals surface area contributed by atoms with E-state index in [1.807, 2.05) is 4.90 Å². The van der Waals surface area contributed by atoms with Crippen LogP contribution in [-0.4, -0.2) is 66.4 Å². The molecule has 0 saturated carbocycles. The number of anilines is 2. The predicted molar refractivity (Wildman–Crippen MR) is 116 cm³/mol. The van der Waals surface area contributed by atoms with Crippen LogP contribution >= 0.6 is 11.3 Å². The first-order valence-corrected chi connectivity index (χ1v) is 10.8. The van der Waals surface area contributed by atoms with E-state index in [-0.39, 0.29) is 32.9 Å². The van der Waals surface area contributed by atoms with Crippen molar-refractivity contribution in [2.45, 2.75) is 6.18 Å². The van der Waals surface area contributed by atoms with Crippen LogP contribution in [0.4, 0.5) is 24.1 Å². The topological polar surface area (TPSA) is 112 Å². The molecule has 10 nitrogen and oxygen atoms in total. The molecule has 180 valence electrons. The van der Waals surface area contributed by atoms with Crippen molar-refractivity contribution in [2.24, 2.45) is 0 Å². The van der Waals surface area contributed by atoms with E-state index in [0.717, 1.165) is 6.33 Å². The van der Waals surface area contributed by atoms with E-state index in [1.54, 1.807) is 12.1 Å². The zero-order valence-corrected chi connectivity index (χ0v) is 18.9. The van der Waals surface area contributed by atoms with Crippen LogP contribution in [0.2, 0.25) is 0 Å². The van der Waals surface area contributed by atoms with Gasteiger partial charge in [-0.25, -0.2) is 19.9 Å². The van der Waals surface area contributed by atoms with Crippen LogP contribution in [0.5, 0.6) is 11.8 Å². The van der Waals surface area contributed by atoms with Crippen molar-refractivity contribution in [1.82, 2.24) is 19.9 Å². The average Bonchev–Trinajstić information content (AvgIpc) is 3.28. The van der Waals surface area contributed by atoms with Crippen LogP contribution < -0.4 is 19.7 Å². The Morgan fingerprint density at radius 2 is 1.82 bits per heavy atom. The number of pyridine rings is 1. The van der Waals surface area contributed by atoms with Gasteiger partial charge in [-0.05, 0) is 12.1 Å². The van der Waals surface area contributed by atoms with Crippen molar-refractivity contribution < 1.29 is 32.2 Å². The molecule has 3 aromatic heterocycles. The normalized spacial score (nSPS) is 14.1. The van der Waals surface area contributed by atoms with E-state index < -0.39 is 17.8 Å². The standard InChI is InChI=1S/C20H19F3N6O4S/c1-31-17-12(18(32-2)26-10-25-17)16(30)28-19-27-14(20(21,22)23)13(34-19)11-4-3-5-24-15(11)29-6-8-33-9-7-29/h3-5,10H,6-9H2,1-2H3,(H,27,28,30). The Kier molecular flexibility index (Phi) is 6.79. The second-order valence-corrected chi connectivity index (χ2v) is 7.89. The molecule has 3 aromatic rings. The lowest BCUT2D eigenvalue weighted by atomic mass is 10.1. The Bertz CT molecular complexity index is 1160. The summed E-state index contributed by atoms with van der Waals surface area (Å²) in [6.45, 7) is 1.85. The molecule has 14 heteroatoms. The monoisotopic (exact) mass is 496 g/mol. The summed E-state index contributed by atoms with van der Waals surface area (Å²) < 4.78 is 57.3. The van der Waals surface area contributed by atoms with Crippen molar-refractivity contribution in [3.63, 3.8) is 0 Å². The predicted octanol–water partition coefficient (Wildman–Crippen LogP) is 3.12. The third-order valence-electron chi connectivity index (χ3n) is 4.85. The molecule has 0 bridgehead atoms. The third kappa shape index (κ3) is 4.72. The molecular formula is C20H19F3N6O4S. The SMILES string of the molecule is COc1ncnc(OC)c1C(=O)Nc1nc(C(F)(F)F)c(-c2cccnc2N2CCOCC2)s1. The number of aromatic nitrogens is 4. The van der Waals surface area contributed by atoms with Crippen LogP contribution in [0.1, 0.15) is 16.1 Å². The summed E-state index contributed by atoms with van der Waals surface area (Å²) in [6, 6.07) is 3.09. The zero-order valence-electron chi connectivity index (χ0n) is 18.0. The highest BCUT2D eigenvalue weighted by molar-refractivity contribution is 7.19. The van der Waals surface area contributed by atoms with Crippen LogP contribution in [0.15, 0.2) is 24.7 Å². The molecule has 34 heavy (non-hydrogen) atoms. The van der Waals surface area contributed by atoms with Crippen molar-refractivity contribution in [3.8, 4) is 22.2 Å². The first-order chi connectivity index (χ1) is 16.3. The fraction of sp³-hybridized carbons (Fsp3) is 0.350. The molecule has 4 rings (SSSR count). The molecule has 0 aliphatic carbocycles. The van der Waals surface area contributed by atoms with E-state index in [0.29, 0.717) is 43.5 Å². The minimum Gasteiger partial charge on any atom is -0.480 e. The third-order valence-corrected chi connectivity index (χ3v) is 5.85. The smallest absolute Gasteiger partial charge is 0.434 e.